The third-order valence-corrected chi connectivity index (χ3v) is 3.39. The molecule has 0 aromatic heterocycles. The van der Waals surface area contributed by atoms with Gasteiger partial charge in [-0.3, -0.25) is 4.79 Å². The number of nitrogen functional groups attached to an aromatic ring is 1. The summed E-state index contributed by atoms with van der Waals surface area (Å²) in [5, 5.41) is 8.87. The van der Waals surface area contributed by atoms with Gasteiger partial charge in [-0.2, -0.15) is 5.26 Å². The second-order valence-corrected chi connectivity index (χ2v) is 5.18. The predicted molar refractivity (Wildman–Crippen MR) is 82.4 cm³/mol. The van der Waals surface area contributed by atoms with Crippen molar-refractivity contribution in [3.8, 4) is 6.07 Å². The Balaban J connectivity index is 2.35. The molecule has 0 saturated carbocycles. The van der Waals surface area contributed by atoms with Gasteiger partial charge in [-0.25, -0.2) is 0 Å². The molecule has 1 amide bonds. The minimum Gasteiger partial charge on any atom is -0.397 e. The third-order valence-electron chi connectivity index (χ3n) is 2.89. The Morgan fingerprint density at radius 3 is 2.70 bits per heavy atom. The van der Waals surface area contributed by atoms with Gasteiger partial charge in [-0.1, -0.05) is 22.0 Å². The first-order valence-corrected chi connectivity index (χ1v) is 6.65. The zero-order valence-corrected chi connectivity index (χ0v) is 12.4. The van der Waals surface area contributed by atoms with Gasteiger partial charge in [0, 0.05) is 17.1 Å². The SMILES string of the molecule is CN(C(=O)c1cccc(C#N)c1)c1ccc(Br)cc1N. The number of anilines is 2. The zero-order chi connectivity index (χ0) is 14.7. The number of amides is 1. The van der Waals surface area contributed by atoms with E-state index in [9.17, 15) is 4.79 Å². The van der Waals surface area contributed by atoms with Gasteiger partial charge in [0.2, 0.25) is 0 Å². The van der Waals surface area contributed by atoms with Crippen LogP contribution in [0.2, 0.25) is 0 Å². The molecule has 4 nitrogen and oxygen atoms in total. The van der Waals surface area contributed by atoms with Crippen molar-refractivity contribution in [3.63, 3.8) is 0 Å². The molecule has 2 aromatic rings. The first kappa shape index (κ1) is 14.1. The van der Waals surface area contributed by atoms with Crippen molar-refractivity contribution in [1.29, 1.82) is 5.26 Å². The summed E-state index contributed by atoms with van der Waals surface area (Å²) in [6.45, 7) is 0. The summed E-state index contributed by atoms with van der Waals surface area (Å²) in [6, 6.07) is 13.9. The van der Waals surface area contributed by atoms with Crippen molar-refractivity contribution in [2.45, 2.75) is 0 Å². The van der Waals surface area contributed by atoms with Crippen LogP contribution >= 0.6 is 15.9 Å². The molecular weight excluding hydrogens is 318 g/mol. The van der Waals surface area contributed by atoms with Crippen LogP contribution in [0.4, 0.5) is 11.4 Å². The fraction of sp³-hybridized carbons (Fsp3) is 0.0667. The summed E-state index contributed by atoms with van der Waals surface area (Å²) in [4.78, 5) is 13.9. The van der Waals surface area contributed by atoms with Gasteiger partial charge in [0.05, 0.1) is 23.0 Å². The van der Waals surface area contributed by atoms with Crippen molar-refractivity contribution in [2.24, 2.45) is 0 Å². The van der Waals surface area contributed by atoms with Gasteiger partial charge in [-0.15, -0.1) is 0 Å². The maximum Gasteiger partial charge on any atom is 0.258 e. The van der Waals surface area contributed by atoms with Crippen LogP contribution in [0.25, 0.3) is 0 Å². The lowest BCUT2D eigenvalue weighted by Crippen LogP contribution is -2.27. The molecule has 0 aliphatic heterocycles. The normalized spacial score (nSPS) is 9.85. The molecule has 5 heteroatoms. The van der Waals surface area contributed by atoms with E-state index in [4.69, 9.17) is 11.0 Å². The maximum absolute atomic E-state index is 12.4. The molecule has 2 aromatic carbocycles. The highest BCUT2D eigenvalue weighted by atomic mass is 79.9. The van der Waals surface area contributed by atoms with Crippen LogP contribution in [0.3, 0.4) is 0 Å². The summed E-state index contributed by atoms with van der Waals surface area (Å²) in [6.07, 6.45) is 0. The van der Waals surface area contributed by atoms with Crippen molar-refractivity contribution >= 4 is 33.2 Å². The number of rotatable bonds is 2. The summed E-state index contributed by atoms with van der Waals surface area (Å²) in [5.74, 6) is -0.212. The van der Waals surface area contributed by atoms with Crippen molar-refractivity contribution in [1.82, 2.24) is 0 Å². The van der Waals surface area contributed by atoms with Crippen molar-refractivity contribution in [3.05, 3.63) is 58.1 Å². The van der Waals surface area contributed by atoms with Gasteiger partial charge >= 0.3 is 0 Å². The molecule has 0 spiro atoms. The Morgan fingerprint density at radius 2 is 2.05 bits per heavy atom. The lowest BCUT2D eigenvalue weighted by Gasteiger charge is -2.19. The highest BCUT2D eigenvalue weighted by Gasteiger charge is 2.16. The van der Waals surface area contributed by atoms with E-state index in [1.807, 2.05) is 12.1 Å². The minimum atomic E-state index is -0.212. The molecule has 0 bridgehead atoms. The Labute approximate surface area is 125 Å². The van der Waals surface area contributed by atoms with Gasteiger partial charge in [0.1, 0.15) is 0 Å². The average Bonchev–Trinajstić information content (AvgIpc) is 2.46. The lowest BCUT2D eigenvalue weighted by molar-refractivity contribution is 0.0993. The third kappa shape index (κ3) is 2.81. The first-order chi connectivity index (χ1) is 9.52. The van der Waals surface area contributed by atoms with E-state index in [1.165, 1.54) is 4.90 Å². The van der Waals surface area contributed by atoms with Gasteiger partial charge < -0.3 is 10.6 Å². The number of nitrogens with zero attached hydrogens (tertiary/aromatic N) is 2. The monoisotopic (exact) mass is 329 g/mol. The Bertz CT molecular complexity index is 707. The molecular formula is C15H12BrN3O. The van der Waals surface area contributed by atoms with Gasteiger partial charge in [0.15, 0.2) is 0 Å². The first-order valence-electron chi connectivity index (χ1n) is 5.86. The number of carbonyl (C=O) groups is 1. The Hall–Kier alpha value is -2.32. The molecule has 0 heterocycles. The van der Waals surface area contributed by atoms with E-state index in [1.54, 1.807) is 43.4 Å². The lowest BCUT2D eigenvalue weighted by atomic mass is 10.1. The predicted octanol–water partition coefficient (Wildman–Crippen LogP) is 3.18. The maximum atomic E-state index is 12.4. The number of halogens is 1. The van der Waals surface area contributed by atoms with Gasteiger partial charge in [0.25, 0.3) is 5.91 Å². The smallest absolute Gasteiger partial charge is 0.258 e. The van der Waals surface area contributed by atoms with E-state index in [2.05, 4.69) is 15.9 Å². The standard InChI is InChI=1S/C15H12BrN3O/c1-19(14-6-5-12(16)8-13(14)18)15(20)11-4-2-3-10(7-11)9-17/h2-8H,18H2,1H3. The summed E-state index contributed by atoms with van der Waals surface area (Å²) in [5.41, 5.74) is 7.95. The van der Waals surface area contributed by atoms with E-state index >= 15 is 0 Å². The molecule has 20 heavy (non-hydrogen) atoms. The average molecular weight is 330 g/mol. The van der Waals surface area contributed by atoms with Crippen molar-refractivity contribution < 1.29 is 4.79 Å². The van der Waals surface area contributed by atoms with E-state index in [-0.39, 0.29) is 5.91 Å². The topological polar surface area (TPSA) is 70.1 Å². The van der Waals surface area contributed by atoms with Gasteiger partial charge in [-0.05, 0) is 36.4 Å². The molecule has 0 aliphatic carbocycles. The molecule has 100 valence electrons. The van der Waals surface area contributed by atoms with E-state index in [0.29, 0.717) is 22.5 Å². The minimum absolute atomic E-state index is 0.212. The number of nitriles is 1. The number of nitrogens with two attached hydrogens (primary N) is 1. The Morgan fingerprint density at radius 1 is 1.30 bits per heavy atom. The van der Waals surface area contributed by atoms with Crippen LogP contribution in [0.15, 0.2) is 46.9 Å². The number of hydrogen-bond donors (Lipinski definition) is 1. The quantitative estimate of drug-likeness (QED) is 0.860. The van der Waals surface area contributed by atoms with Crippen LogP contribution in [0, 0.1) is 11.3 Å². The molecule has 0 saturated heterocycles. The highest BCUT2D eigenvalue weighted by molar-refractivity contribution is 9.10. The summed E-state index contributed by atoms with van der Waals surface area (Å²) in [7, 11) is 1.65. The molecule has 0 unspecified atom stereocenters. The molecule has 0 fully saturated rings. The van der Waals surface area contributed by atoms with Crippen LogP contribution < -0.4 is 10.6 Å². The largest absolute Gasteiger partial charge is 0.397 e. The molecule has 2 N–H and O–H groups in total. The summed E-state index contributed by atoms with van der Waals surface area (Å²) >= 11 is 3.33. The Kier molecular flexibility index (Phi) is 4.06. The van der Waals surface area contributed by atoms with Crippen LogP contribution in [0.5, 0.6) is 0 Å². The zero-order valence-electron chi connectivity index (χ0n) is 10.8. The fourth-order valence-electron chi connectivity index (χ4n) is 1.86. The van der Waals surface area contributed by atoms with Crippen LogP contribution in [-0.2, 0) is 0 Å². The number of hydrogen-bond acceptors (Lipinski definition) is 3. The number of benzene rings is 2. The van der Waals surface area contributed by atoms with Crippen LogP contribution in [0.1, 0.15) is 15.9 Å². The highest BCUT2D eigenvalue weighted by Crippen LogP contribution is 2.27. The molecule has 0 aliphatic rings. The molecule has 0 atom stereocenters. The fourth-order valence-corrected chi connectivity index (χ4v) is 2.23. The second kappa shape index (κ2) is 5.76. The number of carbonyl (C=O) groups excluding carboxylic acids is 1. The van der Waals surface area contributed by atoms with E-state index in [0.717, 1.165) is 4.47 Å². The van der Waals surface area contributed by atoms with Crippen molar-refractivity contribution in [2.75, 3.05) is 17.7 Å². The van der Waals surface area contributed by atoms with Crippen LogP contribution in [-0.4, -0.2) is 13.0 Å². The second-order valence-electron chi connectivity index (χ2n) is 4.26. The summed E-state index contributed by atoms with van der Waals surface area (Å²) < 4.78 is 0.853. The molecule has 2 rings (SSSR count). The van der Waals surface area contributed by atoms with E-state index < -0.39 is 0 Å². The molecule has 0 radical (unpaired) electrons.